The second kappa shape index (κ2) is 5.10. The van der Waals surface area contributed by atoms with Gasteiger partial charge in [0.05, 0.1) is 0 Å². The molecule has 1 aromatic carbocycles. The number of hydrogen-bond donors (Lipinski definition) is 1. The van der Waals surface area contributed by atoms with Crippen molar-refractivity contribution >= 4 is 17.3 Å². The molecule has 0 spiro atoms. The van der Waals surface area contributed by atoms with Gasteiger partial charge in [-0.05, 0) is 55.5 Å². The van der Waals surface area contributed by atoms with Gasteiger partial charge in [-0.1, -0.05) is 18.0 Å². The van der Waals surface area contributed by atoms with Crippen LogP contribution < -0.4 is 10.2 Å². The molecule has 0 amide bonds. The Kier molecular flexibility index (Phi) is 3.49. The number of nitrogens with one attached hydrogen (secondary N) is 1. The summed E-state index contributed by atoms with van der Waals surface area (Å²) in [5.41, 5.74) is 2.70. The van der Waals surface area contributed by atoms with E-state index in [2.05, 4.69) is 22.3 Å². The van der Waals surface area contributed by atoms with Gasteiger partial charge in [0.1, 0.15) is 0 Å². The predicted octanol–water partition coefficient (Wildman–Crippen LogP) is 3.30. The maximum atomic E-state index is 6.11. The highest BCUT2D eigenvalue weighted by Crippen LogP contribution is 2.40. The van der Waals surface area contributed by atoms with Crippen LogP contribution in [0.4, 0.5) is 5.69 Å². The van der Waals surface area contributed by atoms with Crippen molar-refractivity contribution in [1.82, 2.24) is 5.32 Å². The Hall–Kier alpha value is -0.730. The maximum Gasteiger partial charge on any atom is 0.0413 e. The van der Waals surface area contributed by atoms with Crippen LogP contribution in [-0.4, -0.2) is 20.1 Å². The lowest BCUT2D eigenvalue weighted by atomic mass is 10.0. The van der Waals surface area contributed by atoms with Crippen molar-refractivity contribution in [3.8, 4) is 0 Å². The van der Waals surface area contributed by atoms with Crippen LogP contribution in [0, 0.1) is 11.8 Å². The van der Waals surface area contributed by atoms with E-state index < -0.39 is 0 Å². The molecule has 0 bridgehead atoms. The van der Waals surface area contributed by atoms with Crippen molar-refractivity contribution in [1.29, 1.82) is 0 Å². The average molecular weight is 265 g/mol. The number of hydrogen-bond acceptors (Lipinski definition) is 2. The first-order chi connectivity index (χ1) is 8.78. The van der Waals surface area contributed by atoms with Crippen molar-refractivity contribution in [2.24, 2.45) is 11.8 Å². The van der Waals surface area contributed by atoms with E-state index in [1.54, 1.807) is 0 Å². The second-order valence-corrected chi connectivity index (χ2v) is 6.10. The van der Waals surface area contributed by atoms with E-state index >= 15 is 0 Å². The molecule has 1 saturated carbocycles. The molecule has 2 fully saturated rings. The number of benzene rings is 1. The zero-order valence-electron chi connectivity index (χ0n) is 11.0. The van der Waals surface area contributed by atoms with E-state index in [0.717, 1.165) is 23.4 Å². The maximum absolute atomic E-state index is 6.11. The third-order valence-corrected chi connectivity index (χ3v) is 4.71. The highest BCUT2D eigenvalue weighted by Gasteiger charge is 2.36. The molecule has 18 heavy (non-hydrogen) atoms. The van der Waals surface area contributed by atoms with E-state index in [0.29, 0.717) is 0 Å². The molecule has 0 aromatic heterocycles. The van der Waals surface area contributed by atoms with Crippen molar-refractivity contribution in [3.63, 3.8) is 0 Å². The summed E-state index contributed by atoms with van der Waals surface area (Å²) in [4.78, 5) is 2.57. The first-order valence-electron chi connectivity index (χ1n) is 6.96. The Bertz CT molecular complexity index is 421. The predicted molar refractivity (Wildman–Crippen MR) is 77.3 cm³/mol. The molecular formula is C15H21ClN2. The number of nitrogens with zero attached hydrogens (tertiary/aromatic N) is 1. The molecule has 1 N–H and O–H groups in total. The van der Waals surface area contributed by atoms with Gasteiger partial charge >= 0.3 is 0 Å². The first kappa shape index (κ1) is 12.3. The summed E-state index contributed by atoms with van der Waals surface area (Å²) in [6.07, 6.45) is 4.29. The smallest absolute Gasteiger partial charge is 0.0413 e. The van der Waals surface area contributed by atoms with Gasteiger partial charge in [-0.15, -0.1) is 0 Å². The molecule has 0 radical (unpaired) electrons. The Morgan fingerprint density at radius 3 is 2.67 bits per heavy atom. The van der Waals surface area contributed by atoms with Crippen molar-refractivity contribution in [2.45, 2.75) is 25.8 Å². The number of anilines is 1. The Labute approximate surface area is 114 Å². The van der Waals surface area contributed by atoms with Gasteiger partial charge in [0, 0.05) is 30.3 Å². The van der Waals surface area contributed by atoms with Crippen molar-refractivity contribution in [3.05, 3.63) is 28.8 Å². The summed E-state index contributed by atoms with van der Waals surface area (Å²) in [7, 11) is 1.99. The monoisotopic (exact) mass is 264 g/mol. The Morgan fingerprint density at radius 1 is 1.28 bits per heavy atom. The third kappa shape index (κ3) is 2.24. The molecular weight excluding hydrogens is 244 g/mol. The van der Waals surface area contributed by atoms with Crippen LogP contribution in [0.1, 0.15) is 24.8 Å². The minimum absolute atomic E-state index is 0.836. The number of halogens is 1. The molecule has 2 atom stereocenters. The highest BCUT2D eigenvalue weighted by molar-refractivity contribution is 6.30. The van der Waals surface area contributed by atoms with Gasteiger partial charge in [-0.2, -0.15) is 0 Å². The highest BCUT2D eigenvalue weighted by atomic mass is 35.5. The van der Waals surface area contributed by atoms with Crippen molar-refractivity contribution in [2.75, 3.05) is 25.0 Å². The summed E-state index contributed by atoms with van der Waals surface area (Å²) in [6.45, 7) is 3.37. The summed E-state index contributed by atoms with van der Waals surface area (Å²) < 4.78 is 0. The lowest BCUT2D eigenvalue weighted by Gasteiger charge is -2.23. The fraction of sp³-hybridized carbons (Fsp3) is 0.600. The standard InChI is InChI=1S/C15H21ClN2/c1-17-8-13-7-14(16)5-6-15(13)18-9-11-3-2-4-12(11)10-18/h5-7,11-12,17H,2-4,8-10H2,1H3. The molecule has 1 heterocycles. The molecule has 2 unspecified atom stereocenters. The molecule has 2 aliphatic rings. The third-order valence-electron chi connectivity index (χ3n) is 4.48. The first-order valence-corrected chi connectivity index (χ1v) is 7.33. The van der Waals surface area contributed by atoms with Gasteiger partial charge < -0.3 is 10.2 Å². The summed E-state index contributed by atoms with van der Waals surface area (Å²) in [5, 5.41) is 4.08. The Balaban J connectivity index is 1.83. The molecule has 3 rings (SSSR count). The van der Waals surface area contributed by atoms with Gasteiger partial charge in [0.2, 0.25) is 0 Å². The fourth-order valence-corrected chi connectivity index (χ4v) is 3.82. The van der Waals surface area contributed by atoms with Gasteiger partial charge in [0.15, 0.2) is 0 Å². The van der Waals surface area contributed by atoms with Gasteiger partial charge in [0.25, 0.3) is 0 Å². The van der Waals surface area contributed by atoms with E-state index in [9.17, 15) is 0 Å². The molecule has 98 valence electrons. The van der Waals surface area contributed by atoms with Crippen LogP contribution in [0.2, 0.25) is 5.02 Å². The minimum atomic E-state index is 0.836. The van der Waals surface area contributed by atoms with Crippen LogP contribution in [0.5, 0.6) is 0 Å². The minimum Gasteiger partial charge on any atom is -0.371 e. The van der Waals surface area contributed by atoms with Crippen LogP contribution in [0.3, 0.4) is 0 Å². The largest absolute Gasteiger partial charge is 0.371 e. The quantitative estimate of drug-likeness (QED) is 0.901. The summed E-state index contributed by atoms with van der Waals surface area (Å²) in [5.74, 6) is 1.87. The molecule has 1 aliphatic heterocycles. The molecule has 1 aromatic rings. The van der Waals surface area contributed by atoms with Crippen LogP contribution >= 0.6 is 11.6 Å². The fourth-order valence-electron chi connectivity index (χ4n) is 3.63. The lowest BCUT2D eigenvalue weighted by Crippen LogP contribution is -2.23. The second-order valence-electron chi connectivity index (χ2n) is 5.66. The Morgan fingerprint density at radius 2 is 2.00 bits per heavy atom. The van der Waals surface area contributed by atoms with Crippen molar-refractivity contribution < 1.29 is 0 Å². The van der Waals surface area contributed by atoms with Gasteiger partial charge in [-0.25, -0.2) is 0 Å². The van der Waals surface area contributed by atoms with E-state index in [-0.39, 0.29) is 0 Å². The van der Waals surface area contributed by atoms with E-state index in [1.165, 1.54) is 43.6 Å². The topological polar surface area (TPSA) is 15.3 Å². The number of fused-ring (bicyclic) bond motifs is 1. The zero-order chi connectivity index (χ0) is 12.5. The normalized spacial score (nSPS) is 26.7. The molecule has 2 nitrogen and oxygen atoms in total. The van der Waals surface area contributed by atoms with Crippen LogP contribution in [-0.2, 0) is 6.54 Å². The summed E-state index contributed by atoms with van der Waals surface area (Å²) >= 11 is 6.11. The van der Waals surface area contributed by atoms with Crippen LogP contribution in [0.15, 0.2) is 18.2 Å². The average Bonchev–Trinajstić information content (AvgIpc) is 2.90. The SMILES string of the molecule is CNCc1cc(Cl)ccc1N1CC2CCCC2C1. The van der Waals surface area contributed by atoms with E-state index in [1.807, 2.05) is 13.1 Å². The van der Waals surface area contributed by atoms with Crippen LogP contribution in [0.25, 0.3) is 0 Å². The van der Waals surface area contributed by atoms with E-state index in [4.69, 9.17) is 11.6 Å². The zero-order valence-corrected chi connectivity index (χ0v) is 11.7. The molecule has 1 saturated heterocycles. The molecule has 1 aliphatic carbocycles. The lowest BCUT2D eigenvalue weighted by molar-refractivity contribution is 0.494. The summed E-state index contributed by atoms with van der Waals surface area (Å²) in [6, 6.07) is 6.31. The number of rotatable bonds is 3. The molecule has 3 heteroatoms. The van der Waals surface area contributed by atoms with Gasteiger partial charge in [-0.3, -0.25) is 0 Å².